The molecule has 0 unspecified atom stereocenters. The summed E-state index contributed by atoms with van der Waals surface area (Å²) in [6.45, 7) is 5.29. The van der Waals surface area contributed by atoms with E-state index in [0.717, 1.165) is 16.9 Å². The van der Waals surface area contributed by atoms with Gasteiger partial charge in [-0.15, -0.1) is 0 Å². The molecule has 0 atom stereocenters. The number of amides is 2. The van der Waals surface area contributed by atoms with Crippen LogP contribution in [0.3, 0.4) is 0 Å². The number of carbonyl (C=O) groups is 3. The number of anilines is 2. The molecule has 2 N–H and O–H groups in total. The standard InChI is InChI=1S/C29H28N4O4/c1-29(2,3)37-28(36)32-24-13-12-22(33-15-6-7-16-33)18-25(24)31-27(35)19-26(34)21-10-8-9-20(17-21)23-11-4-5-14-30-23/h4-18H,19H2,1-3H3,(H,31,35)(H,32,36). The first kappa shape index (κ1) is 25.4. The van der Waals surface area contributed by atoms with Gasteiger partial charge in [0.2, 0.25) is 5.91 Å². The zero-order valence-corrected chi connectivity index (χ0v) is 20.9. The molecular formula is C29H28N4O4. The maximum absolute atomic E-state index is 12.9. The van der Waals surface area contributed by atoms with Crippen LogP contribution in [0.4, 0.5) is 16.2 Å². The Morgan fingerprint density at radius 2 is 1.65 bits per heavy atom. The Morgan fingerprint density at radius 3 is 2.35 bits per heavy atom. The Morgan fingerprint density at radius 1 is 0.865 bits per heavy atom. The lowest BCUT2D eigenvalue weighted by molar-refractivity contribution is -0.115. The van der Waals surface area contributed by atoms with E-state index in [1.165, 1.54) is 0 Å². The van der Waals surface area contributed by atoms with Gasteiger partial charge in [-0.1, -0.05) is 24.3 Å². The number of rotatable bonds is 7. The van der Waals surface area contributed by atoms with Gasteiger partial charge in [0.25, 0.3) is 0 Å². The van der Waals surface area contributed by atoms with Gasteiger partial charge >= 0.3 is 6.09 Å². The number of hydrogen-bond acceptors (Lipinski definition) is 5. The molecule has 2 aromatic heterocycles. The number of Topliss-reactive ketones (excluding diaryl/α,β-unsaturated/α-hetero) is 1. The van der Waals surface area contributed by atoms with Crippen molar-refractivity contribution >= 4 is 29.2 Å². The van der Waals surface area contributed by atoms with Crippen LogP contribution in [-0.4, -0.2) is 32.9 Å². The molecule has 2 heterocycles. The monoisotopic (exact) mass is 496 g/mol. The van der Waals surface area contributed by atoms with E-state index >= 15 is 0 Å². The number of pyridine rings is 1. The van der Waals surface area contributed by atoms with E-state index in [2.05, 4.69) is 15.6 Å². The molecule has 37 heavy (non-hydrogen) atoms. The lowest BCUT2D eigenvalue weighted by atomic mass is 10.0. The molecule has 0 bridgehead atoms. The Kier molecular flexibility index (Phi) is 7.48. The van der Waals surface area contributed by atoms with Crippen molar-refractivity contribution in [1.82, 2.24) is 9.55 Å². The van der Waals surface area contributed by atoms with E-state index in [1.807, 2.05) is 53.4 Å². The smallest absolute Gasteiger partial charge is 0.412 e. The number of ether oxygens (including phenoxy) is 1. The van der Waals surface area contributed by atoms with Crippen LogP contribution in [0, 0.1) is 0 Å². The number of nitrogens with one attached hydrogen (secondary N) is 2. The largest absolute Gasteiger partial charge is 0.444 e. The van der Waals surface area contributed by atoms with Crippen molar-refractivity contribution in [2.45, 2.75) is 32.8 Å². The molecule has 0 radical (unpaired) electrons. The maximum atomic E-state index is 12.9. The molecule has 0 fully saturated rings. The summed E-state index contributed by atoms with van der Waals surface area (Å²) in [6.07, 6.45) is 4.38. The summed E-state index contributed by atoms with van der Waals surface area (Å²) in [5.41, 5.74) is 2.71. The van der Waals surface area contributed by atoms with Crippen molar-refractivity contribution < 1.29 is 19.1 Å². The second-order valence-corrected chi connectivity index (χ2v) is 9.39. The summed E-state index contributed by atoms with van der Waals surface area (Å²) in [6, 6.07) is 21.5. The van der Waals surface area contributed by atoms with Gasteiger partial charge in [-0.3, -0.25) is 19.9 Å². The highest BCUT2D eigenvalue weighted by Gasteiger charge is 2.19. The summed E-state index contributed by atoms with van der Waals surface area (Å²) < 4.78 is 7.21. The van der Waals surface area contributed by atoms with E-state index < -0.39 is 17.6 Å². The minimum absolute atomic E-state index is 0.335. The fourth-order valence-electron chi connectivity index (χ4n) is 3.65. The van der Waals surface area contributed by atoms with E-state index in [4.69, 9.17) is 4.74 Å². The van der Waals surface area contributed by atoms with Crippen LogP contribution >= 0.6 is 0 Å². The second-order valence-electron chi connectivity index (χ2n) is 9.39. The van der Waals surface area contributed by atoms with Crippen molar-refractivity contribution in [3.8, 4) is 16.9 Å². The summed E-state index contributed by atoms with van der Waals surface area (Å²) in [4.78, 5) is 42.5. The van der Waals surface area contributed by atoms with Gasteiger partial charge in [-0.05, 0) is 69.3 Å². The molecule has 0 saturated heterocycles. The SMILES string of the molecule is CC(C)(C)OC(=O)Nc1ccc(-n2cccc2)cc1NC(=O)CC(=O)c1cccc(-c2ccccn2)c1. The van der Waals surface area contributed by atoms with Crippen LogP contribution in [-0.2, 0) is 9.53 Å². The second kappa shape index (κ2) is 10.9. The minimum atomic E-state index is -0.686. The Hall–Kier alpha value is -4.72. The first-order valence-electron chi connectivity index (χ1n) is 11.8. The third-order valence-electron chi connectivity index (χ3n) is 5.28. The maximum Gasteiger partial charge on any atom is 0.412 e. The molecule has 8 nitrogen and oxygen atoms in total. The molecule has 0 saturated carbocycles. The van der Waals surface area contributed by atoms with Crippen LogP contribution in [0.2, 0.25) is 0 Å². The van der Waals surface area contributed by atoms with E-state index in [0.29, 0.717) is 16.9 Å². The summed E-state index contributed by atoms with van der Waals surface area (Å²) >= 11 is 0. The topological polar surface area (TPSA) is 102 Å². The normalized spacial score (nSPS) is 11.0. The van der Waals surface area contributed by atoms with Crippen molar-refractivity contribution in [2.75, 3.05) is 10.6 Å². The lowest BCUT2D eigenvalue weighted by Crippen LogP contribution is -2.27. The van der Waals surface area contributed by atoms with Gasteiger partial charge in [-0.25, -0.2) is 4.79 Å². The Balaban J connectivity index is 1.52. The van der Waals surface area contributed by atoms with Crippen LogP contribution in [0.5, 0.6) is 0 Å². The average Bonchev–Trinajstić information content (AvgIpc) is 3.40. The van der Waals surface area contributed by atoms with Gasteiger partial charge in [0, 0.05) is 35.4 Å². The van der Waals surface area contributed by atoms with E-state index in [1.54, 1.807) is 63.4 Å². The zero-order chi connectivity index (χ0) is 26.4. The quantitative estimate of drug-likeness (QED) is 0.238. The summed E-state index contributed by atoms with van der Waals surface area (Å²) in [5.74, 6) is -0.844. The predicted molar refractivity (Wildman–Crippen MR) is 143 cm³/mol. The molecular weight excluding hydrogens is 468 g/mol. The fourth-order valence-corrected chi connectivity index (χ4v) is 3.65. The van der Waals surface area contributed by atoms with Crippen LogP contribution in [0.15, 0.2) is 91.4 Å². The molecule has 0 aliphatic heterocycles. The Bertz CT molecular complexity index is 1410. The van der Waals surface area contributed by atoms with Gasteiger partial charge < -0.3 is 14.6 Å². The number of hydrogen-bond donors (Lipinski definition) is 2. The van der Waals surface area contributed by atoms with Crippen LogP contribution in [0.25, 0.3) is 16.9 Å². The fraction of sp³-hybridized carbons (Fsp3) is 0.172. The summed E-state index contributed by atoms with van der Waals surface area (Å²) in [7, 11) is 0. The van der Waals surface area contributed by atoms with Gasteiger partial charge in [0.1, 0.15) is 5.60 Å². The average molecular weight is 497 g/mol. The highest BCUT2D eigenvalue weighted by molar-refractivity contribution is 6.12. The summed E-state index contributed by atoms with van der Waals surface area (Å²) in [5, 5.41) is 5.45. The van der Waals surface area contributed by atoms with Gasteiger partial charge in [-0.2, -0.15) is 0 Å². The third-order valence-corrected chi connectivity index (χ3v) is 5.28. The predicted octanol–water partition coefficient (Wildman–Crippen LogP) is 6.10. The van der Waals surface area contributed by atoms with Crippen molar-refractivity contribution in [1.29, 1.82) is 0 Å². The minimum Gasteiger partial charge on any atom is -0.444 e. The zero-order valence-electron chi connectivity index (χ0n) is 20.9. The lowest BCUT2D eigenvalue weighted by Gasteiger charge is -2.21. The van der Waals surface area contributed by atoms with Crippen molar-refractivity contribution in [3.05, 3.63) is 97.0 Å². The molecule has 0 aliphatic rings. The number of benzene rings is 2. The first-order chi connectivity index (χ1) is 17.7. The molecule has 0 spiro atoms. The number of nitrogens with zero attached hydrogens (tertiary/aromatic N) is 2. The molecule has 8 heteroatoms. The van der Waals surface area contributed by atoms with Gasteiger partial charge in [0.15, 0.2) is 5.78 Å². The van der Waals surface area contributed by atoms with Crippen LogP contribution in [0.1, 0.15) is 37.6 Å². The first-order valence-corrected chi connectivity index (χ1v) is 11.8. The van der Waals surface area contributed by atoms with E-state index in [-0.39, 0.29) is 12.2 Å². The highest BCUT2D eigenvalue weighted by Crippen LogP contribution is 2.27. The van der Waals surface area contributed by atoms with Crippen molar-refractivity contribution in [2.24, 2.45) is 0 Å². The molecule has 2 aromatic carbocycles. The number of ketones is 1. The highest BCUT2D eigenvalue weighted by atomic mass is 16.6. The number of aromatic nitrogens is 2. The van der Waals surface area contributed by atoms with E-state index in [9.17, 15) is 14.4 Å². The molecule has 4 aromatic rings. The third kappa shape index (κ3) is 6.91. The molecule has 2 amide bonds. The van der Waals surface area contributed by atoms with Crippen molar-refractivity contribution in [3.63, 3.8) is 0 Å². The molecule has 188 valence electrons. The van der Waals surface area contributed by atoms with Crippen LogP contribution < -0.4 is 10.6 Å². The van der Waals surface area contributed by atoms with Gasteiger partial charge in [0.05, 0.1) is 23.5 Å². The molecule has 0 aliphatic carbocycles. The molecule has 4 rings (SSSR count). The number of carbonyl (C=O) groups excluding carboxylic acids is 3. The Labute approximate surface area is 215 Å².